The molecule has 35 heavy (non-hydrogen) atoms. The predicted octanol–water partition coefficient (Wildman–Crippen LogP) is 4.09. The number of hydrogen-bond acceptors (Lipinski definition) is 7. The fraction of sp³-hybridized carbons (Fsp3) is 0.375. The number of aryl methyl sites for hydroxylation is 3. The summed E-state index contributed by atoms with van der Waals surface area (Å²) in [4.78, 5) is 20.9. The number of hydrogen-bond donors (Lipinski definition) is 1. The van der Waals surface area contributed by atoms with Gasteiger partial charge in [-0.05, 0) is 34.5 Å². The van der Waals surface area contributed by atoms with Gasteiger partial charge in [0, 0.05) is 31.4 Å². The monoisotopic (exact) mass is 539 g/mol. The highest BCUT2D eigenvalue weighted by atomic mass is 79.9. The maximum Gasteiger partial charge on any atom is 0.284 e. The summed E-state index contributed by atoms with van der Waals surface area (Å²) in [5, 5.41) is 12.8. The topological polar surface area (TPSA) is 116 Å². The van der Waals surface area contributed by atoms with Crippen LogP contribution in [0, 0.1) is 0 Å². The molecule has 1 N–H and O–H groups in total. The van der Waals surface area contributed by atoms with Gasteiger partial charge < -0.3 is 18.8 Å². The molecule has 10 nitrogen and oxygen atoms in total. The molecule has 0 aliphatic rings. The van der Waals surface area contributed by atoms with Crippen molar-refractivity contribution in [2.75, 3.05) is 7.11 Å². The largest absolute Gasteiger partial charge is 0.496 e. The zero-order valence-corrected chi connectivity index (χ0v) is 21.2. The number of nitrogens with zero attached hydrogens (tertiary/aromatic N) is 6. The first-order valence-electron chi connectivity index (χ1n) is 11.7. The Bertz CT molecular complexity index is 1530. The van der Waals surface area contributed by atoms with Gasteiger partial charge in [-0.3, -0.25) is 4.79 Å². The molecule has 0 bridgehead atoms. The third-order valence-corrected chi connectivity index (χ3v) is 6.45. The number of aromatic nitrogens is 7. The molecule has 0 fully saturated rings. The lowest BCUT2D eigenvalue weighted by Gasteiger charge is -2.10. The standard InChI is InChI=1S/C24H26BrN7O3/c1-3-4-7-12-31-16-14-18(25)26-22(16)23(33)32-20(28-29-24(31)32)10-11-21-27-19(30-35-21)13-15-8-5-6-9-17(15)34-2/h5-6,8-9,14,26H,3-4,7,10-13H2,1-2H3. The van der Waals surface area contributed by atoms with Crippen molar-refractivity contribution in [2.24, 2.45) is 0 Å². The smallest absolute Gasteiger partial charge is 0.284 e. The van der Waals surface area contributed by atoms with E-state index in [0.29, 0.717) is 48.1 Å². The predicted molar refractivity (Wildman–Crippen MR) is 134 cm³/mol. The van der Waals surface area contributed by atoms with Gasteiger partial charge in [0.05, 0.1) is 17.2 Å². The molecule has 0 atom stereocenters. The zero-order chi connectivity index (χ0) is 24.4. The normalized spacial score (nSPS) is 11.6. The van der Waals surface area contributed by atoms with Gasteiger partial charge in [-0.2, -0.15) is 4.98 Å². The van der Waals surface area contributed by atoms with Gasteiger partial charge in [0.25, 0.3) is 5.56 Å². The van der Waals surface area contributed by atoms with E-state index in [-0.39, 0.29) is 5.56 Å². The number of nitrogens with one attached hydrogen (secondary N) is 1. The SMILES string of the molecule is CCCCCn1c2cc(Br)[nH]c2c(=O)n2c(CCc3nc(Cc4ccccc4OC)no3)nnc12. The summed E-state index contributed by atoms with van der Waals surface area (Å²) in [5.41, 5.74) is 2.16. The molecule has 0 spiro atoms. The molecule has 0 saturated carbocycles. The van der Waals surface area contributed by atoms with Crippen LogP contribution in [0.3, 0.4) is 0 Å². The number of aromatic amines is 1. The molecule has 1 aromatic carbocycles. The molecular weight excluding hydrogens is 514 g/mol. The van der Waals surface area contributed by atoms with Crippen LogP contribution in [0.15, 0.2) is 44.3 Å². The van der Waals surface area contributed by atoms with Crippen LogP contribution in [0.4, 0.5) is 0 Å². The van der Waals surface area contributed by atoms with E-state index in [1.165, 1.54) is 0 Å². The van der Waals surface area contributed by atoms with E-state index in [0.717, 1.165) is 47.2 Å². The second-order valence-corrected chi connectivity index (χ2v) is 9.24. The van der Waals surface area contributed by atoms with E-state index < -0.39 is 0 Å². The highest BCUT2D eigenvalue weighted by Gasteiger charge is 2.19. The van der Waals surface area contributed by atoms with Crippen LogP contribution in [-0.4, -0.2) is 41.4 Å². The van der Waals surface area contributed by atoms with Crippen molar-refractivity contribution >= 4 is 32.7 Å². The number of unbranched alkanes of at least 4 members (excludes halogenated alkanes) is 2. The zero-order valence-electron chi connectivity index (χ0n) is 19.6. The van der Waals surface area contributed by atoms with Crippen molar-refractivity contribution in [2.45, 2.75) is 52.0 Å². The van der Waals surface area contributed by atoms with Gasteiger partial charge >= 0.3 is 0 Å². The molecular formula is C24H26BrN7O3. The van der Waals surface area contributed by atoms with Gasteiger partial charge in [-0.1, -0.05) is 43.1 Å². The Balaban J connectivity index is 1.40. The Morgan fingerprint density at radius 3 is 2.86 bits per heavy atom. The van der Waals surface area contributed by atoms with Crippen LogP contribution in [0.5, 0.6) is 5.75 Å². The average Bonchev–Trinajstić information content (AvgIpc) is 3.59. The first-order chi connectivity index (χ1) is 17.1. The molecule has 5 aromatic rings. The number of fused-ring (bicyclic) bond motifs is 2. The molecule has 0 unspecified atom stereocenters. The van der Waals surface area contributed by atoms with E-state index in [1.54, 1.807) is 11.5 Å². The van der Waals surface area contributed by atoms with E-state index in [4.69, 9.17) is 9.26 Å². The molecule has 5 rings (SSSR count). The number of benzene rings is 1. The average molecular weight is 540 g/mol. The summed E-state index contributed by atoms with van der Waals surface area (Å²) in [6.45, 7) is 2.92. The summed E-state index contributed by atoms with van der Waals surface area (Å²) >= 11 is 3.46. The lowest BCUT2D eigenvalue weighted by atomic mass is 10.1. The number of methoxy groups -OCH3 is 1. The van der Waals surface area contributed by atoms with Crippen LogP contribution < -0.4 is 10.3 Å². The van der Waals surface area contributed by atoms with E-state index >= 15 is 0 Å². The second kappa shape index (κ2) is 10.0. The summed E-state index contributed by atoms with van der Waals surface area (Å²) in [7, 11) is 1.64. The number of H-pyrrole nitrogens is 1. The molecule has 182 valence electrons. The van der Waals surface area contributed by atoms with E-state index in [2.05, 4.69) is 52.7 Å². The van der Waals surface area contributed by atoms with Crippen LogP contribution >= 0.6 is 15.9 Å². The van der Waals surface area contributed by atoms with Crippen LogP contribution in [0.25, 0.3) is 16.8 Å². The first-order valence-corrected chi connectivity index (χ1v) is 12.5. The van der Waals surface area contributed by atoms with Crippen molar-refractivity contribution in [3.05, 3.63) is 68.4 Å². The maximum absolute atomic E-state index is 13.3. The van der Waals surface area contributed by atoms with Crippen LogP contribution in [0.1, 0.15) is 49.3 Å². The van der Waals surface area contributed by atoms with Gasteiger partial charge in [0.2, 0.25) is 11.7 Å². The third kappa shape index (κ3) is 4.60. The highest BCUT2D eigenvalue weighted by molar-refractivity contribution is 9.10. The minimum atomic E-state index is -0.171. The number of halogens is 1. The minimum Gasteiger partial charge on any atom is -0.496 e. The summed E-state index contributed by atoms with van der Waals surface area (Å²) in [5.74, 6) is 2.95. The second-order valence-electron chi connectivity index (χ2n) is 8.39. The Morgan fingerprint density at radius 1 is 1.17 bits per heavy atom. The minimum absolute atomic E-state index is 0.171. The highest BCUT2D eigenvalue weighted by Crippen LogP contribution is 2.21. The quantitative estimate of drug-likeness (QED) is 0.265. The van der Waals surface area contributed by atoms with E-state index in [9.17, 15) is 4.79 Å². The summed E-state index contributed by atoms with van der Waals surface area (Å²) < 4.78 is 15.3. The molecule has 11 heteroatoms. The van der Waals surface area contributed by atoms with E-state index in [1.807, 2.05) is 30.3 Å². The number of rotatable bonds is 10. The fourth-order valence-electron chi connectivity index (χ4n) is 4.30. The molecule has 4 aromatic heterocycles. The number of ether oxygens (including phenoxy) is 1. The van der Waals surface area contributed by atoms with Crippen molar-refractivity contribution < 1.29 is 9.26 Å². The van der Waals surface area contributed by atoms with Crippen molar-refractivity contribution in [3.63, 3.8) is 0 Å². The first kappa shape index (κ1) is 23.3. The van der Waals surface area contributed by atoms with Crippen molar-refractivity contribution in [3.8, 4) is 5.75 Å². The Labute approximate surface area is 209 Å². The molecule has 0 radical (unpaired) electrons. The van der Waals surface area contributed by atoms with Crippen LogP contribution in [-0.2, 0) is 25.8 Å². The van der Waals surface area contributed by atoms with Crippen molar-refractivity contribution in [1.29, 1.82) is 0 Å². The Morgan fingerprint density at radius 2 is 2.03 bits per heavy atom. The third-order valence-electron chi connectivity index (χ3n) is 6.03. The van der Waals surface area contributed by atoms with Gasteiger partial charge in [0.15, 0.2) is 5.82 Å². The van der Waals surface area contributed by atoms with Crippen molar-refractivity contribution in [1.82, 2.24) is 34.3 Å². The summed E-state index contributed by atoms with van der Waals surface area (Å²) in [6, 6.07) is 9.66. The maximum atomic E-state index is 13.3. The van der Waals surface area contributed by atoms with Crippen LogP contribution in [0.2, 0.25) is 0 Å². The molecule has 0 aliphatic carbocycles. The van der Waals surface area contributed by atoms with Gasteiger partial charge in [0.1, 0.15) is 17.1 Å². The fourth-order valence-corrected chi connectivity index (χ4v) is 4.72. The molecule has 0 amide bonds. The number of para-hydroxylation sites is 1. The molecule has 0 aliphatic heterocycles. The van der Waals surface area contributed by atoms with Gasteiger partial charge in [-0.25, -0.2) is 4.40 Å². The van der Waals surface area contributed by atoms with Gasteiger partial charge in [-0.15, -0.1) is 10.2 Å². The Kier molecular flexibility index (Phi) is 6.67. The lowest BCUT2D eigenvalue weighted by molar-refractivity contribution is 0.372. The summed E-state index contributed by atoms with van der Waals surface area (Å²) in [6.07, 6.45) is 4.59. The molecule has 4 heterocycles. The lowest BCUT2D eigenvalue weighted by Crippen LogP contribution is -2.21. The molecule has 0 saturated heterocycles. The Hall–Kier alpha value is -3.47.